The third-order valence-electron chi connectivity index (χ3n) is 1.09. The molecule has 2 nitrogen and oxygen atoms in total. The Morgan fingerprint density at radius 2 is 2.17 bits per heavy atom. The molecule has 0 unspecified atom stereocenters. The summed E-state index contributed by atoms with van der Waals surface area (Å²) in [5.41, 5.74) is 2.83. The lowest BCUT2D eigenvalue weighted by atomic mass is 10.6. The predicted molar refractivity (Wildman–Crippen MR) is 59.0 cm³/mol. The Balaban J connectivity index is 4.42. The molecule has 0 atom stereocenters. The number of hydrogen-bond donors (Lipinski definition) is 0. The van der Waals surface area contributed by atoms with Gasteiger partial charge >= 0.3 is 0 Å². The molecule has 0 aliphatic heterocycles. The van der Waals surface area contributed by atoms with Crippen LogP contribution in [0.4, 0.5) is 0 Å². The van der Waals surface area contributed by atoms with Gasteiger partial charge in [0.2, 0.25) is 0 Å². The van der Waals surface area contributed by atoms with Crippen LogP contribution >= 0.6 is 23.5 Å². The molecular formula is C8H13NOS2. The molecule has 0 aromatic rings. The van der Waals surface area contributed by atoms with Crippen LogP contribution in [-0.4, -0.2) is 31.4 Å². The van der Waals surface area contributed by atoms with Crippen LogP contribution in [0.3, 0.4) is 0 Å². The van der Waals surface area contributed by atoms with E-state index in [0.29, 0.717) is 6.73 Å². The van der Waals surface area contributed by atoms with Crippen LogP contribution in [0.2, 0.25) is 0 Å². The van der Waals surface area contributed by atoms with Gasteiger partial charge in [0.05, 0.1) is 4.91 Å². The number of methoxy groups -OCH3 is 1. The van der Waals surface area contributed by atoms with E-state index in [4.69, 9.17) is 4.74 Å². The number of hydrogen-bond acceptors (Lipinski definition) is 4. The average molecular weight is 203 g/mol. The summed E-state index contributed by atoms with van der Waals surface area (Å²) >= 11 is 3.17. The molecule has 0 rings (SSSR count). The quantitative estimate of drug-likeness (QED) is 0.398. The van der Waals surface area contributed by atoms with Gasteiger partial charge in [0, 0.05) is 7.11 Å². The van der Waals surface area contributed by atoms with Crippen LogP contribution in [0.25, 0.3) is 0 Å². The van der Waals surface area contributed by atoms with Crippen molar-refractivity contribution in [3.05, 3.63) is 17.2 Å². The van der Waals surface area contributed by atoms with Crippen LogP contribution in [0.1, 0.15) is 0 Å². The Morgan fingerprint density at radius 3 is 2.50 bits per heavy atom. The number of aliphatic imine (C=N–C) groups is 1. The van der Waals surface area contributed by atoms with E-state index in [0.717, 1.165) is 9.95 Å². The van der Waals surface area contributed by atoms with Gasteiger partial charge in [0.15, 0.2) is 0 Å². The minimum atomic E-state index is 0.391. The zero-order chi connectivity index (χ0) is 9.40. The van der Waals surface area contributed by atoms with Crippen molar-refractivity contribution in [2.75, 3.05) is 26.4 Å². The smallest absolute Gasteiger partial charge is 0.138 e. The number of nitrogens with zero attached hydrogens (tertiary/aromatic N) is 1. The lowest BCUT2D eigenvalue weighted by molar-refractivity contribution is 0.209. The Morgan fingerprint density at radius 1 is 1.50 bits per heavy atom. The highest BCUT2D eigenvalue weighted by atomic mass is 32.2. The van der Waals surface area contributed by atoms with Crippen molar-refractivity contribution in [3.63, 3.8) is 0 Å². The van der Waals surface area contributed by atoms with Gasteiger partial charge in [-0.1, -0.05) is 6.58 Å². The molecule has 0 radical (unpaired) electrons. The predicted octanol–water partition coefficient (Wildman–Crippen LogP) is 2.38. The van der Waals surface area contributed by atoms with E-state index in [-0.39, 0.29) is 0 Å². The lowest BCUT2D eigenvalue weighted by Gasteiger charge is -2.02. The van der Waals surface area contributed by atoms with Crippen LogP contribution in [0, 0.1) is 0 Å². The Kier molecular flexibility index (Phi) is 7.40. The SMILES string of the molecule is C=C=C(SC)/C(=N/COC)SC. The second-order valence-corrected chi connectivity index (χ2v) is 3.41. The van der Waals surface area contributed by atoms with Crippen LogP contribution in [0.5, 0.6) is 0 Å². The summed E-state index contributed by atoms with van der Waals surface area (Å²) in [6.07, 6.45) is 3.95. The van der Waals surface area contributed by atoms with Crippen molar-refractivity contribution < 1.29 is 4.74 Å². The molecule has 0 fully saturated rings. The van der Waals surface area contributed by atoms with E-state index >= 15 is 0 Å². The Hall–Kier alpha value is -0.150. The number of thioether (sulfide) groups is 2. The highest BCUT2D eigenvalue weighted by molar-refractivity contribution is 8.17. The van der Waals surface area contributed by atoms with Gasteiger partial charge in [-0.2, -0.15) is 0 Å². The molecule has 0 aliphatic carbocycles. The summed E-state index contributed by atoms with van der Waals surface area (Å²) in [5.74, 6) is 0. The van der Waals surface area contributed by atoms with Gasteiger partial charge in [0.1, 0.15) is 11.8 Å². The van der Waals surface area contributed by atoms with E-state index in [1.54, 1.807) is 30.6 Å². The molecule has 0 N–H and O–H groups in total. The van der Waals surface area contributed by atoms with Gasteiger partial charge in [-0.05, 0) is 12.5 Å². The molecule has 0 aromatic heterocycles. The summed E-state index contributed by atoms with van der Waals surface area (Å²) in [5, 5.41) is 0.930. The molecule has 0 amide bonds. The molecule has 0 spiro atoms. The molecule has 0 heterocycles. The largest absolute Gasteiger partial charge is 0.363 e. The third-order valence-corrected chi connectivity index (χ3v) is 2.68. The maximum atomic E-state index is 4.84. The second kappa shape index (κ2) is 7.50. The first-order valence-electron chi connectivity index (χ1n) is 3.32. The molecule has 0 saturated heterocycles. The molecule has 12 heavy (non-hydrogen) atoms. The maximum Gasteiger partial charge on any atom is 0.138 e. The van der Waals surface area contributed by atoms with Crippen molar-refractivity contribution in [3.8, 4) is 0 Å². The summed E-state index contributed by atoms with van der Waals surface area (Å²) in [6, 6.07) is 0. The second-order valence-electron chi connectivity index (χ2n) is 1.80. The maximum absolute atomic E-state index is 4.84. The molecule has 68 valence electrons. The lowest BCUT2D eigenvalue weighted by Crippen LogP contribution is -1.95. The molecule has 4 heteroatoms. The van der Waals surface area contributed by atoms with Gasteiger partial charge in [0.25, 0.3) is 0 Å². The van der Waals surface area contributed by atoms with Gasteiger partial charge in [-0.25, -0.2) is 4.99 Å². The van der Waals surface area contributed by atoms with E-state index in [1.165, 1.54) is 0 Å². The number of rotatable bonds is 4. The third kappa shape index (κ3) is 4.02. The minimum Gasteiger partial charge on any atom is -0.363 e. The van der Waals surface area contributed by atoms with Gasteiger partial charge in [-0.3, -0.25) is 0 Å². The average Bonchev–Trinajstić information content (AvgIpc) is 2.12. The zero-order valence-electron chi connectivity index (χ0n) is 7.59. The monoisotopic (exact) mass is 203 g/mol. The van der Waals surface area contributed by atoms with Gasteiger partial charge in [-0.15, -0.1) is 29.3 Å². The summed E-state index contributed by atoms with van der Waals surface area (Å²) in [6.45, 7) is 3.98. The van der Waals surface area contributed by atoms with Crippen LogP contribution < -0.4 is 0 Å². The van der Waals surface area contributed by atoms with E-state index in [2.05, 4.69) is 17.3 Å². The summed E-state index contributed by atoms with van der Waals surface area (Å²) in [7, 11) is 1.62. The molecule has 0 bridgehead atoms. The highest BCUT2D eigenvalue weighted by Gasteiger charge is 2.02. The van der Waals surface area contributed by atoms with E-state index in [9.17, 15) is 0 Å². The molecule has 0 saturated carbocycles. The summed E-state index contributed by atoms with van der Waals surface area (Å²) in [4.78, 5) is 5.17. The zero-order valence-corrected chi connectivity index (χ0v) is 9.22. The Labute approximate surface area is 82.2 Å². The van der Waals surface area contributed by atoms with Crippen LogP contribution in [0.15, 0.2) is 22.2 Å². The fourth-order valence-electron chi connectivity index (χ4n) is 0.587. The van der Waals surface area contributed by atoms with E-state index < -0.39 is 0 Å². The molecule has 0 aromatic carbocycles. The molecule has 0 aliphatic rings. The highest BCUT2D eigenvalue weighted by Crippen LogP contribution is 2.18. The van der Waals surface area contributed by atoms with Gasteiger partial charge < -0.3 is 4.74 Å². The first-order chi connectivity index (χ1) is 5.79. The normalized spacial score (nSPS) is 11.1. The molecular weight excluding hydrogens is 190 g/mol. The Bertz CT molecular complexity index is 207. The standard InChI is InChI=1S/C8H13NOS2/c1-5-7(11-3)8(12-4)9-6-10-2/h1,6H2,2-4H3/b9-8-. The first kappa shape index (κ1) is 11.8. The minimum absolute atomic E-state index is 0.391. The number of ether oxygens (including phenoxy) is 1. The first-order valence-corrected chi connectivity index (χ1v) is 5.76. The fraction of sp³-hybridized carbons (Fsp3) is 0.500. The van der Waals surface area contributed by atoms with Crippen molar-refractivity contribution >= 4 is 28.6 Å². The van der Waals surface area contributed by atoms with Crippen molar-refractivity contribution in [1.82, 2.24) is 0 Å². The van der Waals surface area contributed by atoms with Crippen molar-refractivity contribution in [2.45, 2.75) is 0 Å². The fourth-order valence-corrected chi connectivity index (χ4v) is 1.91. The van der Waals surface area contributed by atoms with E-state index in [1.807, 2.05) is 12.5 Å². The van der Waals surface area contributed by atoms with Crippen LogP contribution in [-0.2, 0) is 4.74 Å². The van der Waals surface area contributed by atoms with Crippen molar-refractivity contribution in [1.29, 1.82) is 0 Å². The summed E-state index contributed by atoms with van der Waals surface area (Å²) < 4.78 is 4.84. The topological polar surface area (TPSA) is 21.6 Å². The van der Waals surface area contributed by atoms with Crippen molar-refractivity contribution in [2.24, 2.45) is 4.99 Å².